The van der Waals surface area contributed by atoms with Crippen molar-refractivity contribution >= 4 is 45.4 Å². The van der Waals surface area contributed by atoms with Gasteiger partial charge in [0, 0.05) is 29.6 Å². The van der Waals surface area contributed by atoms with Crippen LogP contribution in [0, 0.1) is 6.92 Å². The zero-order valence-corrected chi connectivity index (χ0v) is 19.2. The lowest BCUT2D eigenvalue weighted by Crippen LogP contribution is -2.14. The van der Waals surface area contributed by atoms with Crippen molar-refractivity contribution in [2.24, 2.45) is 4.99 Å². The maximum Gasteiger partial charge on any atom is 0.259 e. The van der Waals surface area contributed by atoms with Gasteiger partial charge in [-0.25, -0.2) is 0 Å². The average molecular weight is 452 g/mol. The third-order valence-electron chi connectivity index (χ3n) is 5.51. The van der Waals surface area contributed by atoms with Crippen LogP contribution >= 0.6 is 0 Å². The molecular weight excluding hydrogens is 426 g/mol. The van der Waals surface area contributed by atoms with E-state index in [4.69, 9.17) is 0 Å². The van der Waals surface area contributed by atoms with Crippen molar-refractivity contribution in [3.8, 4) is 5.75 Å². The predicted octanol–water partition coefficient (Wildman–Crippen LogP) is 6.21. The molecule has 0 spiro atoms. The molecule has 0 aliphatic heterocycles. The third-order valence-corrected chi connectivity index (χ3v) is 5.51. The maximum atomic E-state index is 13.1. The fourth-order valence-corrected chi connectivity index (χ4v) is 3.85. The summed E-state index contributed by atoms with van der Waals surface area (Å²) in [4.78, 5) is 29.1. The zero-order valence-electron chi connectivity index (χ0n) is 19.2. The molecule has 0 unspecified atom stereocenters. The standard InChI is InChI=1S/C28H25N3O3/c1-17-8-4-7-11-25(17)31-28(34)24-16-20-9-5-6-10-23(20)26(27(24)33)18(2)29-21-12-14-22(15-13-21)30-19(3)32/h4-16,33H,1-3H3,(H,30,32)(H,31,34). The number of hydrogen-bond acceptors (Lipinski definition) is 4. The lowest BCUT2D eigenvalue weighted by Gasteiger charge is -2.15. The summed E-state index contributed by atoms with van der Waals surface area (Å²) in [7, 11) is 0. The number of carbonyl (C=O) groups excluding carboxylic acids is 2. The molecule has 0 aliphatic carbocycles. The van der Waals surface area contributed by atoms with Gasteiger partial charge in [0.25, 0.3) is 5.91 Å². The molecule has 6 nitrogen and oxygen atoms in total. The second-order valence-electron chi connectivity index (χ2n) is 8.06. The number of phenols is 1. The number of phenolic OH excluding ortho intramolecular Hbond substituents is 1. The van der Waals surface area contributed by atoms with E-state index in [1.165, 1.54) is 6.92 Å². The summed E-state index contributed by atoms with van der Waals surface area (Å²) in [5.41, 5.74) is 4.18. The van der Waals surface area contributed by atoms with Gasteiger partial charge in [-0.05, 0) is 66.6 Å². The van der Waals surface area contributed by atoms with Crippen molar-refractivity contribution in [2.75, 3.05) is 10.6 Å². The molecule has 0 saturated heterocycles. The Morgan fingerprint density at radius 3 is 2.24 bits per heavy atom. The Bertz CT molecular complexity index is 1420. The highest BCUT2D eigenvalue weighted by Gasteiger charge is 2.20. The van der Waals surface area contributed by atoms with Gasteiger partial charge in [0.2, 0.25) is 5.91 Å². The SMILES string of the molecule is CC(=O)Nc1ccc(N=C(C)c2c(O)c(C(=O)Nc3ccccc3C)cc3ccccc23)cc1. The lowest BCUT2D eigenvalue weighted by atomic mass is 9.96. The Hall–Kier alpha value is -4.45. The van der Waals surface area contributed by atoms with Crippen molar-refractivity contribution in [3.63, 3.8) is 0 Å². The Labute approximate surface area is 198 Å². The minimum Gasteiger partial charge on any atom is -0.506 e. The van der Waals surface area contributed by atoms with Crippen LogP contribution in [0.1, 0.15) is 35.3 Å². The fraction of sp³-hybridized carbons (Fsp3) is 0.107. The van der Waals surface area contributed by atoms with Gasteiger partial charge in [0.15, 0.2) is 0 Å². The van der Waals surface area contributed by atoms with Crippen molar-refractivity contribution in [1.29, 1.82) is 0 Å². The number of hydrogen-bond donors (Lipinski definition) is 3. The molecule has 0 radical (unpaired) electrons. The molecule has 0 aliphatic rings. The second-order valence-corrected chi connectivity index (χ2v) is 8.06. The first-order chi connectivity index (χ1) is 16.3. The molecule has 34 heavy (non-hydrogen) atoms. The predicted molar refractivity (Wildman–Crippen MR) is 137 cm³/mol. The molecule has 0 heterocycles. The first-order valence-corrected chi connectivity index (χ1v) is 10.9. The number of carbonyl (C=O) groups is 2. The number of benzene rings is 4. The third kappa shape index (κ3) is 4.81. The molecule has 4 rings (SSSR count). The highest BCUT2D eigenvalue weighted by molar-refractivity contribution is 6.18. The molecule has 4 aromatic rings. The topological polar surface area (TPSA) is 90.8 Å². The molecule has 0 fully saturated rings. The summed E-state index contributed by atoms with van der Waals surface area (Å²) in [5, 5.41) is 18.4. The van der Waals surface area contributed by atoms with Gasteiger partial charge in [0.05, 0.1) is 11.3 Å². The first-order valence-electron chi connectivity index (χ1n) is 10.9. The van der Waals surface area contributed by atoms with Crippen LogP contribution in [-0.2, 0) is 4.79 Å². The number of fused-ring (bicyclic) bond motifs is 1. The maximum absolute atomic E-state index is 13.1. The van der Waals surface area contributed by atoms with Crippen LogP contribution < -0.4 is 10.6 Å². The summed E-state index contributed by atoms with van der Waals surface area (Å²) in [6.45, 7) is 5.16. The first kappa shape index (κ1) is 22.7. The zero-order chi connectivity index (χ0) is 24.2. The number of aliphatic imine (C=N–C) groups is 1. The van der Waals surface area contributed by atoms with Crippen LogP contribution in [0.15, 0.2) is 83.9 Å². The van der Waals surface area contributed by atoms with E-state index in [2.05, 4.69) is 15.6 Å². The number of aryl methyl sites for hydroxylation is 1. The Morgan fingerprint density at radius 1 is 0.853 bits per heavy atom. The minimum atomic E-state index is -0.397. The average Bonchev–Trinajstić information content (AvgIpc) is 2.81. The van der Waals surface area contributed by atoms with E-state index in [9.17, 15) is 14.7 Å². The molecule has 4 aromatic carbocycles. The van der Waals surface area contributed by atoms with Crippen LogP contribution in [0.3, 0.4) is 0 Å². The van der Waals surface area contributed by atoms with E-state index in [0.717, 1.165) is 16.3 Å². The lowest BCUT2D eigenvalue weighted by molar-refractivity contribution is -0.114. The van der Waals surface area contributed by atoms with Crippen molar-refractivity contribution in [1.82, 2.24) is 0 Å². The molecule has 2 amide bonds. The summed E-state index contributed by atoms with van der Waals surface area (Å²) in [5.74, 6) is -0.670. The molecule has 6 heteroatoms. The normalized spacial score (nSPS) is 11.3. The van der Waals surface area contributed by atoms with E-state index in [0.29, 0.717) is 28.3 Å². The Balaban J connectivity index is 1.76. The molecule has 170 valence electrons. The van der Waals surface area contributed by atoms with E-state index in [1.54, 1.807) is 37.3 Å². The fourth-order valence-electron chi connectivity index (χ4n) is 3.85. The summed E-state index contributed by atoms with van der Waals surface area (Å²) in [6, 6.07) is 23.8. The van der Waals surface area contributed by atoms with Crippen LogP contribution in [-0.4, -0.2) is 22.6 Å². The minimum absolute atomic E-state index is 0.124. The van der Waals surface area contributed by atoms with E-state index >= 15 is 0 Å². The number of amides is 2. The molecule has 0 bridgehead atoms. The van der Waals surface area contributed by atoms with Crippen LogP contribution in [0.2, 0.25) is 0 Å². The molecule has 3 N–H and O–H groups in total. The number of nitrogens with one attached hydrogen (secondary N) is 2. The van der Waals surface area contributed by atoms with Crippen LogP contribution in [0.4, 0.5) is 17.1 Å². The number of anilines is 2. The number of rotatable bonds is 5. The van der Waals surface area contributed by atoms with Gasteiger partial charge in [-0.2, -0.15) is 0 Å². The van der Waals surface area contributed by atoms with Gasteiger partial charge < -0.3 is 15.7 Å². The van der Waals surface area contributed by atoms with Crippen LogP contribution in [0.25, 0.3) is 10.8 Å². The number of aromatic hydroxyl groups is 1. The van der Waals surface area contributed by atoms with Crippen molar-refractivity contribution < 1.29 is 14.7 Å². The molecule has 0 saturated carbocycles. The van der Waals surface area contributed by atoms with Gasteiger partial charge in [0.1, 0.15) is 5.75 Å². The van der Waals surface area contributed by atoms with E-state index in [-0.39, 0.29) is 17.2 Å². The van der Waals surface area contributed by atoms with Gasteiger partial charge in [-0.3, -0.25) is 14.6 Å². The van der Waals surface area contributed by atoms with Crippen molar-refractivity contribution in [3.05, 3.63) is 95.6 Å². The van der Waals surface area contributed by atoms with Crippen LogP contribution in [0.5, 0.6) is 5.75 Å². The van der Waals surface area contributed by atoms with Gasteiger partial charge >= 0.3 is 0 Å². The smallest absolute Gasteiger partial charge is 0.259 e. The quantitative estimate of drug-likeness (QED) is 0.315. The van der Waals surface area contributed by atoms with Crippen molar-refractivity contribution in [2.45, 2.75) is 20.8 Å². The Kier molecular flexibility index (Phi) is 6.41. The highest BCUT2D eigenvalue weighted by atomic mass is 16.3. The monoisotopic (exact) mass is 451 g/mol. The Morgan fingerprint density at radius 2 is 1.53 bits per heavy atom. The molecule has 0 aromatic heterocycles. The summed E-state index contributed by atoms with van der Waals surface area (Å²) >= 11 is 0. The van der Waals surface area contributed by atoms with E-state index in [1.807, 2.05) is 55.5 Å². The van der Waals surface area contributed by atoms with Gasteiger partial charge in [-0.15, -0.1) is 0 Å². The highest BCUT2D eigenvalue weighted by Crippen LogP contribution is 2.33. The summed E-state index contributed by atoms with van der Waals surface area (Å²) < 4.78 is 0. The number of para-hydroxylation sites is 1. The number of nitrogens with zero attached hydrogens (tertiary/aromatic N) is 1. The van der Waals surface area contributed by atoms with E-state index < -0.39 is 5.91 Å². The van der Waals surface area contributed by atoms with Gasteiger partial charge in [-0.1, -0.05) is 42.5 Å². The second kappa shape index (κ2) is 9.58. The molecule has 0 atom stereocenters. The molecular formula is C28H25N3O3. The largest absolute Gasteiger partial charge is 0.506 e. The summed E-state index contributed by atoms with van der Waals surface area (Å²) in [6.07, 6.45) is 0.